The van der Waals surface area contributed by atoms with Crippen molar-refractivity contribution in [1.29, 1.82) is 0 Å². The van der Waals surface area contributed by atoms with Crippen molar-refractivity contribution in [1.82, 2.24) is 10.6 Å². The number of carbonyl (C=O) groups is 3. The molecule has 0 unspecified atom stereocenters. The molecule has 1 rings (SSSR count). The second-order valence-corrected chi connectivity index (χ2v) is 5.36. The van der Waals surface area contributed by atoms with Crippen LogP contribution >= 0.6 is 0 Å². The van der Waals surface area contributed by atoms with Crippen LogP contribution in [-0.4, -0.2) is 37.0 Å². The fourth-order valence-electron chi connectivity index (χ4n) is 1.70. The van der Waals surface area contributed by atoms with Crippen LogP contribution in [-0.2, 0) is 14.3 Å². The van der Waals surface area contributed by atoms with Crippen LogP contribution in [0.1, 0.15) is 35.3 Å². The van der Waals surface area contributed by atoms with Crippen LogP contribution in [0.4, 0.5) is 0 Å². The van der Waals surface area contributed by atoms with Crippen LogP contribution in [0.25, 0.3) is 0 Å². The van der Waals surface area contributed by atoms with Gasteiger partial charge in [-0.2, -0.15) is 0 Å². The Hall–Kier alpha value is -2.37. The number of benzene rings is 1. The molecule has 1 aromatic carbocycles. The number of nitrogens with one attached hydrogen (secondary N) is 2. The molecule has 2 amide bonds. The van der Waals surface area contributed by atoms with E-state index >= 15 is 0 Å². The van der Waals surface area contributed by atoms with Crippen LogP contribution in [0.15, 0.2) is 18.2 Å². The lowest BCUT2D eigenvalue weighted by atomic mass is 10.1. The van der Waals surface area contributed by atoms with E-state index in [-0.39, 0.29) is 31.0 Å². The van der Waals surface area contributed by atoms with Gasteiger partial charge < -0.3 is 15.4 Å². The molecule has 0 aliphatic rings. The SMILES string of the molecule is Cc1ccc(C(=O)NCC(=O)OCC(=O)NC(C)C)cc1C. The van der Waals surface area contributed by atoms with Gasteiger partial charge in [0.2, 0.25) is 0 Å². The number of ether oxygens (including phenoxy) is 1. The summed E-state index contributed by atoms with van der Waals surface area (Å²) in [6.45, 7) is 6.86. The minimum absolute atomic E-state index is 0.0179. The van der Waals surface area contributed by atoms with Crippen molar-refractivity contribution in [2.45, 2.75) is 33.7 Å². The highest BCUT2D eigenvalue weighted by Gasteiger charge is 2.11. The third-order valence-electron chi connectivity index (χ3n) is 2.98. The monoisotopic (exact) mass is 306 g/mol. The number of rotatable bonds is 6. The van der Waals surface area contributed by atoms with E-state index in [1.807, 2.05) is 33.8 Å². The number of esters is 1. The first-order valence-electron chi connectivity index (χ1n) is 7.10. The van der Waals surface area contributed by atoms with Gasteiger partial charge >= 0.3 is 5.97 Å². The fraction of sp³-hybridized carbons (Fsp3) is 0.438. The van der Waals surface area contributed by atoms with E-state index in [0.29, 0.717) is 5.56 Å². The van der Waals surface area contributed by atoms with Crippen LogP contribution < -0.4 is 10.6 Å². The van der Waals surface area contributed by atoms with Crippen molar-refractivity contribution < 1.29 is 19.1 Å². The van der Waals surface area contributed by atoms with E-state index < -0.39 is 5.97 Å². The van der Waals surface area contributed by atoms with Gasteiger partial charge in [-0.3, -0.25) is 14.4 Å². The summed E-state index contributed by atoms with van der Waals surface area (Å²) < 4.78 is 4.77. The molecule has 0 heterocycles. The molecule has 0 aliphatic heterocycles. The van der Waals surface area contributed by atoms with Crippen LogP contribution in [0.2, 0.25) is 0 Å². The summed E-state index contributed by atoms with van der Waals surface area (Å²) in [5, 5.41) is 5.06. The molecule has 0 saturated heterocycles. The number of hydrogen-bond acceptors (Lipinski definition) is 4. The molecule has 0 radical (unpaired) electrons. The Balaban J connectivity index is 2.38. The second-order valence-electron chi connectivity index (χ2n) is 5.36. The van der Waals surface area contributed by atoms with Gasteiger partial charge in [-0.05, 0) is 51.0 Å². The Bertz CT molecular complexity index is 567. The average Bonchev–Trinajstić information content (AvgIpc) is 2.44. The summed E-state index contributed by atoms with van der Waals surface area (Å²) >= 11 is 0. The summed E-state index contributed by atoms with van der Waals surface area (Å²) in [5.41, 5.74) is 2.57. The molecule has 120 valence electrons. The van der Waals surface area contributed by atoms with Crippen molar-refractivity contribution in [3.8, 4) is 0 Å². The van der Waals surface area contributed by atoms with Crippen molar-refractivity contribution >= 4 is 17.8 Å². The molecule has 6 nitrogen and oxygen atoms in total. The van der Waals surface area contributed by atoms with Gasteiger partial charge in [0, 0.05) is 11.6 Å². The lowest BCUT2D eigenvalue weighted by Gasteiger charge is -2.09. The first kappa shape index (κ1) is 17.7. The summed E-state index contributed by atoms with van der Waals surface area (Å²) in [4.78, 5) is 34.7. The highest BCUT2D eigenvalue weighted by Crippen LogP contribution is 2.09. The maximum atomic E-state index is 11.9. The minimum atomic E-state index is -0.656. The Morgan fingerprint density at radius 1 is 1.14 bits per heavy atom. The summed E-state index contributed by atoms with van der Waals surface area (Å²) in [5.74, 6) is -1.38. The molecule has 1 aromatic rings. The smallest absolute Gasteiger partial charge is 0.325 e. The molecule has 0 atom stereocenters. The molecule has 0 aliphatic carbocycles. The third-order valence-corrected chi connectivity index (χ3v) is 2.98. The van der Waals surface area contributed by atoms with Gasteiger partial charge in [0.25, 0.3) is 11.8 Å². The van der Waals surface area contributed by atoms with Gasteiger partial charge in [0.1, 0.15) is 6.54 Å². The molecule has 22 heavy (non-hydrogen) atoms. The van der Waals surface area contributed by atoms with Gasteiger partial charge in [0.05, 0.1) is 0 Å². The molecule has 0 aromatic heterocycles. The van der Waals surface area contributed by atoms with Crippen LogP contribution in [0.5, 0.6) is 0 Å². The second kappa shape index (κ2) is 8.17. The lowest BCUT2D eigenvalue weighted by molar-refractivity contribution is -0.147. The van der Waals surface area contributed by atoms with E-state index in [1.54, 1.807) is 12.1 Å². The van der Waals surface area contributed by atoms with E-state index in [9.17, 15) is 14.4 Å². The molecule has 0 bridgehead atoms. The summed E-state index contributed by atoms with van der Waals surface area (Å²) in [7, 11) is 0. The maximum absolute atomic E-state index is 11.9. The highest BCUT2D eigenvalue weighted by atomic mass is 16.5. The molecule has 2 N–H and O–H groups in total. The standard InChI is InChI=1S/C16H22N2O4/c1-10(2)18-14(19)9-22-15(20)8-17-16(21)13-6-5-11(3)12(4)7-13/h5-7,10H,8-9H2,1-4H3,(H,17,21)(H,18,19). The first-order valence-corrected chi connectivity index (χ1v) is 7.10. The molecular formula is C16H22N2O4. The van der Waals surface area contributed by atoms with E-state index in [1.165, 1.54) is 0 Å². The molecule has 0 spiro atoms. The van der Waals surface area contributed by atoms with Crippen molar-refractivity contribution in [3.05, 3.63) is 34.9 Å². The summed E-state index contributed by atoms with van der Waals surface area (Å²) in [6, 6.07) is 5.28. The van der Waals surface area contributed by atoms with Gasteiger partial charge in [0.15, 0.2) is 6.61 Å². The predicted molar refractivity (Wildman–Crippen MR) is 82.5 cm³/mol. The maximum Gasteiger partial charge on any atom is 0.325 e. The third kappa shape index (κ3) is 5.95. The zero-order valence-corrected chi connectivity index (χ0v) is 13.4. The van der Waals surface area contributed by atoms with Crippen molar-refractivity contribution in [2.24, 2.45) is 0 Å². The van der Waals surface area contributed by atoms with Crippen molar-refractivity contribution in [2.75, 3.05) is 13.2 Å². The molecule has 6 heteroatoms. The van der Waals surface area contributed by atoms with Crippen molar-refractivity contribution in [3.63, 3.8) is 0 Å². The first-order chi connectivity index (χ1) is 10.3. The number of amides is 2. The lowest BCUT2D eigenvalue weighted by Crippen LogP contribution is -2.36. The van der Waals surface area contributed by atoms with E-state index in [4.69, 9.17) is 4.74 Å². The number of aryl methyl sites for hydroxylation is 2. The molecule has 0 fully saturated rings. The molecular weight excluding hydrogens is 284 g/mol. The Morgan fingerprint density at radius 3 is 2.41 bits per heavy atom. The molecule has 0 saturated carbocycles. The average molecular weight is 306 g/mol. The quantitative estimate of drug-likeness (QED) is 0.771. The van der Waals surface area contributed by atoms with E-state index in [0.717, 1.165) is 11.1 Å². The van der Waals surface area contributed by atoms with Crippen LogP contribution in [0, 0.1) is 13.8 Å². The van der Waals surface area contributed by atoms with Gasteiger partial charge in [-0.25, -0.2) is 0 Å². The normalized spacial score (nSPS) is 10.2. The van der Waals surface area contributed by atoms with Crippen LogP contribution in [0.3, 0.4) is 0 Å². The zero-order valence-electron chi connectivity index (χ0n) is 13.4. The largest absolute Gasteiger partial charge is 0.454 e. The Kier molecular flexibility index (Phi) is 6.56. The number of hydrogen-bond donors (Lipinski definition) is 2. The van der Waals surface area contributed by atoms with Gasteiger partial charge in [-0.1, -0.05) is 6.07 Å². The number of carbonyl (C=O) groups excluding carboxylic acids is 3. The Morgan fingerprint density at radius 2 is 1.82 bits per heavy atom. The predicted octanol–water partition coefficient (Wildman–Crippen LogP) is 1.10. The zero-order chi connectivity index (χ0) is 16.7. The fourth-order valence-corrected chi connectivity index (χ4v) is 1.70. The Labute approximate surface area is 130 Å². The van der Waals surface area contributed by atoms with Gasteiger partial charge in [-0.15, -0.1) is 0 Å². The highest BCUT2D eigenvalue weighted by molar-refractivity contribution is 5.96. The summed E-state index contributed by atoms with van der Waals surface area (Å²) in [6.07, 6.45) is 0. The van der Waals surface area contributed by atoms with E-state index in [2.05, 4.69) is 10.6 Å². The topological polar surface area (TPSA) is 84.5 Å². The minimum Gasteiger partial charge on any atom is -0.454 e.